The summed E-state index contributed by atoms with van der Waals surface area (Å²) in [5.41, 5.74) is 0.179. The van der Waals surface area contributed by atoms with Gasteiger partial charge in [-0.2, -0.15) is 18.4 Å². The Balaban J connectivity index is 1.67. The van der Waals surface area contributed by atoms with Gasteiger partial charge in [0.15, 0.2) is 0 Å². The number of hydrogen-bond donors (Lipinski definition) is 2. The largest absolute Gasteiger partial charge is 0.417 e. The van der Waals surface area contributed by atoms with Gasteiger partial charge >= 0.3 is 12.2 Å². The Bertz CT molecular complexity index is 1250. The summed E-state index contributed by atoms with van der Waals surface area (Å²) in [6.45, 7) is 1.14. The molecule has 37 heavy (non-hydrogen) atoms. The molecule has 0 bridgehead atoms. The highest BCUT2D eigenvalue weighted by molar-refractivity contribution is 6.08. The number of nitrogens with zero attached hydrogens (tertiary/aromatic N) is 3. The molecule has 3 amide bonds. The van der Waals surface area contributed by atoms with E-state index in [0.717, 1.165) is 31.0 Å². The lowest BCUT2D eigenvalue weighted by Crippen LogP contribution is -2.40. The van der Waals surface area contributed by atoms with E-state index in [2.05, 4.69) is 0 Å². The minimum Gasteiger partial charge on any atom is -0.394 e. The molecule has 2 aromatic rings. The van der Waals surface area contributed by atoms with Crippen molar-refractivity contribution in [1.82, 2.24) is 5.48 Å². The first kappa shape index (κ1) is 26.4. The zero-order valence-corrected chi connectivity index (χ0v) is 19.8. The van der Waals surface area contributed by atoms with Gasteiger partial charge in [-0.15, -0.1) is 0 Å². The number of fused-ring (bicyclic) bond motifs is 1. The molecule has 3 atom stereocenters. The number of carbonyl (C=O) groups is 2. The molecule has 1 saturated heterocycles. The molecule has 1 saturated carbocycles. The van der Waals surface area contributed by atoms with Crippen molar-refractivity contribution >= 4 is 23.3 Å². The first-order valence-corrected chi connectivity index (χ1v) is 11.7. The fourth-order valence-electron chi connectivity index (χ4n) is 4.80. The smallest absolute Gasteiger partial charge is 0.394 e. The lowest BCUT2D eigenvalue weighted by molar-refractivity contribution is -0.137. The second-order valence-electron chi connectivity index (χ2n) is 8.99. The molecular formula is C25H24F4N4O4. The number of urea groups is 1. The molecule has 2 aromatic carbocycles. The van der Waals surface area contributed by atoms with Crippen molar-refractivity contribution in [1.29, 1.82) is 5.26 Å². The molecule has 1 heterocycles. The minimum absolute atomic E-state index is 0.00217. The van der Waals surface area contributed by atoms with Crippen LogP contribution < -0.4 is 15.3 Å². The number of nitrogens with one attached hydrogen (secondary N) is 1. The monoisotopic (exact) mass is 520 g/mol. The molecule has 0 radical (unpaired) electrons. The quantitative estimate of drug-likeness (QED) is 0.431. The van der Waals surface area contributed by atoms with E-state index in [-0.39, 0.29) is 23.5 Å². The van der Waals surface area contributed by atoms with Crippen molar-refractivity contribution in [2.24, 2.45) is 0 Å². The summed E-state index contributed by atoms with van der Waals surface area (Å²) in [6.07, 6.45) is -2.84. The second kappa shape index (κ2) is 10.4. The van der Waals surface area contributed by atoms with E-state index in [1.54, 1.807) is 0 Å². The van der Waals surface area contributed by atoms with Crippen molar-refractivity contribution < 1.29 is 37.1 Å². The summed E-state index contributed by atoms with van der Waals surface area (Å²) in [7, 11) is 0. The normalized spacial score (nSPS) is 20.4. The van der Waals surface area contributed by atoms with Gasteiger partial charge in [-0.3, -0.25) is 19.4 Å². The van der Waals surface area contributed by atoms with Gasteiger partial charge in [0, 0.05) is 11.4 Å². The van der Waals surface area contributed by atoms with Gasteiger partial charge in [-0.1, -0.05) is 12.8 Å². The molecular weight excluding hydrogens is 496 g/mol. The number of benzene rings is 2. The number of halogens is 4. The van der Waals surface area contributed by atoms with Gasteiger partial charge in [0.2, 0.25) is 0 Å². The minimum atomic E-state index is -4.78. The van der Waals surface area contributed by atoms with E-state index < -0.39 is 53.2 Å². The summed E-state index contributed by atoms with van der Waals surface area (Å²) in [4.78, 5) is 33.4. The van der Waals surface area contributed by atoms with Crippen LogP contribution in [0.1, 0.15) is 54.1 Å². The number of hydroxylamine groups is 1. The lowest BCUT2D eigenvalue weighted by atomic mass is 9.89. The molecule has 0 aromatic heterocycles. The maximum atomic E-state index is 14.9. The van der Waals surface area contributed by atoms with E-state index in [1.807, 2.05) is 5.48 Å². The van der Waals surface area contributed by atoms with Crippen molar-refractivity contribution in [2.45, 2.75) is 57.0 Å². The number of alkyl halides is 3. The molecule has 8 nitrogen and oxygen atoms in total. The second-order valence-corrected chi connectivity index (χ2v) is 8.99. The zero-order valence-electron chi connectivity index (χ0n) is 19.8. The van der Waals surface area contributed by atoms with Crippen LogP contribution in [0, 0.1) is 17.1 Å². The maximum absolute atomic E-state index is 14.9. The Labute approximate surface area is 210 Å². The third-order valence-corrected chi connectivity index (χ3v) is 6.56. The zero-order chi connectivity index (χ0) is 26.9. The van der Waals surface area contributed by atoms with Gasteiger partial charge in [-0.05, 0) is 56.2 Å². The average molecular weight is 520 g/mol. The van der Waals surface area contributed by atoms with Gasteiger partial charge < -0.3 is 5.11 Å². The predicted molar refractivity (Wildman–Crippen MR) is 124 cm³/mol. The molecule has 1 unspecified atom stereocenters. The first-order chi connectivity index (χ1) is 17.6. The van der Waals surface area contributed by atoms with Crippen molar-refractivity contribution in [3.63, 3.8) is 0 Å². The molecule has 0 spiro atoms. The summed E-state index contributed by atoms with van der Waals surface area (Å²) >= 11 is 0. The average Bonchev–Trinajstić information content (AvgIpc) is 3.17. The van der Waals surface area contributed by atoms with E-state index in [0.29, 0.717) is 12.8 Å². The Kier molecular flexibility index (Phi) is 7.38. The Hall–Kier alpha value is -3.69. The van der Waals surface area contributed by atoms with E-state index in [1.165, 1.54) is 41.0 Å². The van der Waals surface area contributed by atoms with Crippen LogP contribution in [0.3, 0.4) is 0 Å². The Morgan fingerprint density at radius 1 is 1.16 bits per heavy atom. The lowest BCUT2D eigenvalue weighted by Gasteiger charge is -2.32. The number of nitriles is 1. The van der Waals surface area contributed by atoms with Crippen molar-refractivity contribution in [2.75, 3.05) is 16.4 Å². The molecule has 1 aliphatic carbocycles. The number of anilines is 2. The van der Waals surface area contributed by atoms with Crippen LogP contribution in [-0.2, 0) is 11.0 Å². The van der Waals surface area contributed by atoms with Crippen LogP contribution in [0.5, 0.6) is 0 Å². The summed E-state index contributed by atoms with van der Waals surface area (Å²) in [5, 5.41) is 18.1. The molecule has 1 aliphatic heterocycles. The number of amides is 3. The van der Waals surface area contributed by atoms with Crippen molar-refractivity contribution in [3.05, 3.63) is 58.9 Å². The fraction of sp³-hybridized carbons (Fsp3) is 0.400. The van der Waals surface area contributed by atoms with Gasteiger partial charge in [0.1, 0.15) is 11.9 Å². The summed E-state index contributed by atoms with van der Waals surface area (Å²) < 4.78 is 55.7. The predicted octanol–water partition coefficient (Wildman–Crippen LogP) is 4.52. The summed E-state index contributed by atoms with van der Waals surface area (Å²) in [6, 6.07) is 6.79. The number of carbonyl (C=O) groups excluding carboxylic acids is 2. The highest BCUT2D eigenvalue weighted by Crippen LogP contribution is 2.42. The van der Waals surface area contributed by atoms with Gasteiger partial charge in [0.25, 0.3) is 5.91 Å². The van der Waals surface area contributed by atoms with Crippen LogP contribution in [-0.4, -0.2) is 41.8 Å². The highest BCUT2D eigenvalue weighted by Gasteiger charge is 2.48. The number of hydrogen-bond acceptors (Lipinski definition) is 5. The Morgan fingerprint density at radius 2 is 1.76 bits per heavy atom. The maximum Gasteiger partial charge on any atom is 0.417 e. The molecule has 2 N–H and O–H groups in total. The SMILES string of the molecule is CC(CO)ONC(=O)c1ccc(N2C(=O)N(c3ccc(C#N)c(C(F)(F)F)c3)[C@@H]3CCCC[C@H]32)cc1F. The molecule has 2 aliphatic rings. The van der Waals surface area contributed by atoms with Crippen LogP contribution in [0.25, 0.3) is 0 Å². The van der Waals surface area contributed by atoms with Crippen molar-refractivity contribution in [3.8, 4) is 6.07 Å². The van der Waals surface area contributed by atoms with E-state index >= 15 is 0 Å². The van der Waals surface area contributed by atoms with Gasteiger partial charge in [0.05, 0.1) is 41.5 Å². The number of aliphatic hydroxyl groups is 1. The van der Waals surface area contributed by atoms with E-state index in [9.17, 15) is 27.2 Å². The molecule has 12 heteroatoms. The third kappa shape index (κ3) is 5.10. The highest BCUT2D eigenvalue weighted by atomic mass is 19.4. The topological polar surface area (TPSA) is 106 Å². The van der Waals surface area contributed by atoms with Crippen LogP contribution in [0.2, 0.25) is 0 Å². The molecule has 2 fully saturated rings. The molecule has 196 valence electrons. The van der Waals surface area contributed by atoms with E-state index in [4.69, 9.17) is 15.2 Å². The number of aliphatic hydroxyl groups excluding tert-OH is 1. The first-order valence-electron chi connectivity index (χ1n) is 11.7. The summed E-state index contributed by atoms with van der Waals surface area (Å²) in [5.74, 6) is -1.81. The van der Waals surface area contributed by atoms with Gasteiger partial charge in [-0.25, -0.2) is 14.7 Å². The van der Waals surface area contributed by atoms with Crippen LogP contribution in [0.15, 0.2) is 36.4 Å². The van der Waals surface area contributed by atoms with Crippen LogP contribution in [0.4, 0.5) is 33.7 Å². The standard InChI is InChI=1S/C25H24F4N4O4/c1-14(13-34)37-31-23(35)18-9-8-17(11-20(18)26)33-22-5-3-2-4-21(22)32(24(33)36)16-7-6-15(12-30)19(10-16)25(27,28)29/h6-11,14,21-22,34H,2-5,13H2,1H3,(H,31,35)/t14?,21-,22-/m1/s1. The third-order valence-electron chi connectivity index (χ3n) is 6.56. The fourth-order valence-corrected chi connectivity index (χ4v) is 4.80. The number of rotatable bonds is 6. The molecule has 4 rings (SSSR count). The van der Waals surface area contributed by atoms with Crippen LogP contribution >= 0.6 is 0 Å². The Morgan fingerprint density at radius 3 is 2.30 bits per heavy atom.